The number of amides is 1. The van der Waals surface area contributed by atoms with Crippen LogP contribution in [-0.4, -0.2) is 29.9 Å². The van der Waals surface area contributed by atoms with E-state index >= 15 is 0 Å². The van der Waals surface area contributed by atoms with Crippen molar-refractivity contribution in [3.63, 3.8) is 0 Å². The number of allylic oxidation sites excluding steroid dienone is 1. The van der Waals surface area contributed by atoms with Crippen molar-refractivity contribution in [1.29, 1.82) is 0 Å². The van der Waals surface area contributed by atoms with Gasteiger partial charge < -0.3 is 10.2 Å². The third-order valence-electron chi connectivity index (χ3n) is 3.24. The summed E-state index contributed by atoms with van der Waals surface area (Å²) in [6.07, 6.45) is 7.95. The number of nitrogens with one attached hydrogen (secondary N) is 1. The smallest absolute Gasteiger partial charge is 0.267 e. The van der Waals surface area contributed by atoms with Crippen molar-refractivity contribution in [3.05, 3.63) is 11.8 Å². The molecule has 1 atom stereocenters. The summed E-state index contributed by atoms with van der Waals surface area (Å²) in [7, 11) is 0. The Kier molecular flexibility index (Phi) is 3.29. The fraction of sp³-hybridized carbons (Fsp3) is 0.750. The summed E-state index contributed by atoms with van der Waals surface area (Å²) in [5.41, 5.74) is 0.916. The molecule has 1 N–H and O–H groups in total. The summed E-state index contributed by atoms with van der Waals surface area (Å²) < 4.78 is 0. The molecule has 1 saturated heterocycles. The number of hydrogen-bond donors (Lipinski definition) is 1. The second kappa shape index (κ2) is 4.69. The number of likely N-dealkylation sites (tertiary alicyclic amines) is 1. The number of nitrogens with zero attached hydrogens (tertiary/aromatic N) is 1. The molecule has 0 radical (unpaired) electrons. The van der Waals surface area contributed by atoms with Crippen LogP contribution in [0.1, 0.15) is 39.0 Å². The Labute approximate surface area is 91.5 Å². The van der Waals surface area contributed by atoms with E-state index in [1.54, 1.807) is 0 Å². The summed E-state index contributed by atoms with van der Waals surface area (Å²) in [5, 5.41) is 3.04. The van der Waals surface area contributed by atoms with Gasteiger partial charge in [0.1, 0.15) is 0 Å². The standard InChI is InChI=1S/C12H20N2O/c1-10-6-5-7-11(12(15)13-10)14-8-3-2-4-9-14/h7,10H,2-6,8-9H2,1H3,(H,13,15). The second-order valence-corrected chi connectivity index (χ2v) is 4.59. The number of carbonyl (C=O) groups is 1. The molecule has 2 aliphatic rings. The normalized spacial score (nSPS) is 28.1. The molecule has 3 heteroatoms. The third kappa shape index (κ3) is 2.52. The van der Waals surface area contributed by atoms with Crippen molar-refractivity contribution in [2.75, 3.05) is 13.1 Å². The zero-order chi connectivity index (χ0) is 10.7. The lowest BCUT2D eigenvalue weighted by Gasteiger charge is -2.30. The maximum Gasteiger partial charge on any atom is 0.267 e. The van der Waals surface area contributed by atoms with Gasteiger partial charge in [-0.1, -0.05) is 6.08 Å². The first-order valence-electron chi connectivity index (χ1n) is 6.03. The maximum atomic E-state index is 11.9. The summed E-state index contributed by atoms with van der Waals surface area (Å²) in [5.74, 6) is 0.127. The fourth-order valence-corrected chi connectivity index (χ4v) is 2.34. The van der Waals surface area contributed by atoms with Gasteiger partial charge in [0.15, 0.2) is 0 Å². The Balaban J connectivity index is 2.05. The van der Waals surface area contributed by atoms with Crippen LogP contribution in [0.3, 0.4) is 0 Å². The number of rotatable bonds is 1. The van der Waals surface area contributed by atoms with Gasteiger partial charge in [-0.25, -0.2) is 0 Å². The van der Waals surface area contributed by atoms with E-state index in [0.29, 0.717) is 6.04 Å². The summed E-state index contributed by atoms with van der Waals surface area (Å²) in [6, 6.07) is 0.316. The fourth-order valence-electron chi connectivity index (χ4n) is 2.34. The molecule has 0 aromatic rings. The molecule has 1 fully saturated rings. The van der Waals surface area contributed by atoms with Gasteiger partial charge in [-0.15, -0.1) is 0 Å². The zero-order valence-electron chi connectivity index (χ0n) is 9.46. The summed E-state index contributed by atoms with van der Waals surface area (Å²) >= 11 is 0. The quantitative estimate of drug-likeness (QED) is 0.710. The van der Waals surface area contributed by atoms with Crippen molar-refractivity contribution < 1.29 is 4.79 Å². The van der Waals surface area contributed by atoms with Crippen LogP contribution in [0.15, 0.2) is 11.8 Å². The van der Waals surface area contributed by atoms with E-state index in [1.807, 2.05) is 0 Å². The predicted molar refractivity (Wildman–Crippen MR) is 60.3 cm³/mol. The van der Waals surface area contributed by atoms with Gasteiger partial charge in [0.2, 0.25) is 0 Å². The first-order chi connectivity index (χ1) is 7.27. The third-order valence-corrected chi connectivity index (χ3v) is 3.24. The largest absolute Gasteiger partial charge is 0.367 e. The van der Waals surface area contributed by atoms with Crippen LogP contribution in [0.2, 0.25) is 0 Å². The van der Waals surface area contributed by atoms with Crippen LogP contribution < -0.4 is 5.32 Å². The molecule has 0 bridgehead atoms. The lowest BCUT2D eigenvalue weighted by molar-refractivity contribution is -0.119. The minimum absolute atomic E-state index is 0.127. The Morgan fingerprint density at radius 1 is 1.33 bits per heavy atom. The Morgan fingerprint density at radius 2 is 2.07 bits per heavy atom. The molecule has 0 spiro atoms. The molecule has 2 rings (SSSR count). The predicted octanol–water partition coefficient (Wildman–Crippen LogP) is 1.65. The van der Waals surface area contributed by atoms with Gasteiger partial charge in [0.25, 0.3) is 5.91 Å². The highest BCUT2D eigenvalue weighted by molar-refractivity contribution is 5.93. The molecule has 2 aliphatic heterocycles. The first kappa shape index (κ1) is 10.5. The topological polar surface area (TPSA) is 32.3 Å². The molecule has 2 heterocycles. The van der Waals surface area contributed by atoms with Crippen LogP contribution in [-0.2, 0) is 4.79 Å². The van der Waals surface area contributed by atoms with E-state index in [9.17, 15) is 4.79 Å². The average molecular weight is 208 g/mol. The van der Waals surface area contributed by atoms with Crippen LogP contribution in [0.4, 0.5) is 0 Å². The van der Waals surface area contributed by atoms with E-state index in [4.69, 9.17) is 0 Å². The van der Waals surface area contributed by atoms with Gasteiger partial charge in [0.05, 0.1) is 5.70 Å². The van der Waals surface area contributed by atoms with E-state index in [-0.39, 0.29) is 5.91 Å². The number of carbonyl (C=O) groups excluding carboxylic acids is 1. The maximum absolute atomic E-state index is 11.9. The molecule has 0 aliphatic carbocycles. The Morgan fingerprint density at radius 3 is 2.80 bits per heavy atom. The summed E-state index contributed by atoms with van der Waals surface area (Å²) in [4.78, 5) is 14.1. The molecular weight excluding hydrogens is 188 g/mol. The SMILES string of the molecule is CC1CCC=C(N2CCCCC2)C(=O)N1. The molecule has 0 aromatic heterocycles. The molecule has 0 saturated carbocycles. The second-order valence-electron chi connectivity index (χ2n) is 4.59. The van der Waals surface area contributed by atoms with Gasteiger partial charge in [-0.3, -0.25) is 4.79 Å². The van der Waals surface area contributed by atoms with Crippen LogP contribution in [0.5, 0.6) is 0 Å². The Hall–Kier alpha value is -0.990. The van der Waals surface area contributed by atoms with Crippen LogP contribution in [0.25, 0.3) is 0 Å². The highest BCUT2D eigenvalue weighted by Crippen LogP contribution is 2.18. The van der Waals surface area contributed by atoms with Crippen LogP contribution in [0, 0.1) is 0 Å². The highest BCUT2D eigenvalue weighted by Gasteiger charge is 2.22. The van der Waals surface area contributed by atoms with E-state index in [2.05, 4.69) is 23.2 Å². The average Bonchev–Trinajstić information content (AvgIpc) is 2.40. The van der Waals surface area contributed by atoms with Crippen molar-refractivity contribution in [2.24, 2.45) is 0 Å². The van der Waals surface area contributed by atoms with Gasteiger partial charge >= 0.3 is 0 Å². The van der Waals surface area contributed by atoms with E-state index in [0.717, 1.165) is 31.6 Å². The minimum atomic E-state index is 0.127. The van der Waals surface area contributed by atoms with E-state index in [1.165, 1.54) is 19.3 Å². The number of piperidine rings is 1. The molecule has 1 unspecified atom stereocenters. The highest BCUT2D eigenvalue weighted by atomic mass is 16.2. The monoisotopic (exact) mass is 208 g/mol. The lowest BCUT2D eigenvalue weighted by Crippen LogP contribution is -2.39. The first-order valence-corrected chi connectivity index (χ1v) is 6.03. The van der Waals surface area contributed by atoms with Gasteiger partial charge in [0, 0.05) is 19.1 Å². The van der Waals surface area contributed by atoms with Crippen molar-refractivity contribution in [2.45, 2.75) is 45.1 Å². The molecule has 3 nitrogen and oxygen atoms in total. The van der Waals surface area contributed by atoms with Crippen molar-refractivity contribution >= 4 is 5.91 Å². The molecule has 15 heavy (non-hydrogen) atoms. The molecule has 0 aromatic carbocycles. The summed E-state index contributed by atoms with van der Waals surface area (Å²) in [6.45, 7) is 4.17. The van der Waals surface area contributed by atoms with Crippen molar-refractivity contribution in [3.8, 4) is 0 Å². The molecule has 84 valence electrons. The number of hydrogen-bond acceptors (Lipinski definition) is 2. The lowest BCUT2D eigenvalue weighted by atomic mass is 10.1. The van der Waals surface area contributed by atoms with Gasteiger partial charge in [-0.2, -0.15) is 0 Å². The van der Waals surface area contributed by atoms with Crippen molar-refractivity contribution in [1.82, 2.24) is 10.2 Å². The van der Waals surface area contributed by atoms with Gasteiger partial charge in [-0.05, 0) is 39.0 Å². The minimum Gasteiger partial charge on any atom is -0.367 e. The van der Waals surface area contributed by atoms with E-state index < -0.39 is 0 Å². The Bertz CT molecular complexity index is 267. The zero-order valence-corrected chi connectivity index (χ0v) is 9.46. The molecule has 1 amide bonds. The van der Waals surface area contributed by atoms with Crippen LogP contribution >= 0.6 is 0 Å². The molecular formula is C12H20N2O.